The SMILES string of the molecule is OC(CNCC1CCCOC1)c1ccc2ccccc2c1. The van der Waals surface area contributed by atoms with Crippen LogP contribution in [0.5, 0.6) is 0 Å². The van der Waals surface area contributed by atoms with Crippen molar-refractivity contribution in [3.8, 4) is 0 Å². The summed E-state index contributed by atoms with van der Waals surface area (Å²) >= 11 is 0. The minimum Gasteiger partial charge on any atom is -0.387 e. The summed E-state index contributed by atoms with van der Waals surface area (Å²) in [5.74, 6) is 0.586. The third-order valence-electron chi connectivity index (χ3n) is 4.18. The zero-order chi connectivity index (χ0) is 14.5. The van der Waals surface area contributed by atoms with Crippen molar-refractivity contribution < 1.29 is 9.84 Å². The maximum Gasteiger partial charge on any atom is 0.0914 e. The van der Waals surface area contributed by atoms with E-state index in [2.05, 4.69) is 29.6 Å². The van der Waals surface area contributed by atoms with E-state index < -0.39 is 6.10 Å². The van der Waals surface area contributed by atoms with Gasteiger partial charge in [0, 0.05) is 19.7 Å². The summed E-state index contributed by atoms with van der Waals surface area (Å²) in [5.41, 5.74) is 0.973. The minimum atomic E-state index is -0.459. The molecule has 0 aliphatic carbocycles. The van der Waals surface area contributed by atoms with Crippen LogP contribution in [-0.4, -0.2) is 31.4 Å². The van der Waals surface area contributed by atoms with Gasteiger partial charge in [-0.1, -0.05) is 36.4 Å². The fraction of sp³-hybridized carbons (Fsp3) is 0.444. The first kappa shape index (κ1) is 14.5. The number of ether oxygens (including phenoxy) is 1. The highest BCUT2D eigenvalue weighted by Crippen LogP contribution is 2.20. The van der Waals surface area contributed by atoms with Gasteiger partial charge in [-0.05, 0) is 41.2 Å². The number of hydrogen-bond acceptors (Lipinski definition) is 3. The molecule has 3 rings (SSSR count). The average molecular weight is 285 g/mol. The van der Waals surface area contributed by atoms with Crippen LogP contribution >= 0.6 is 0 Å². The highest BCUT2D eigenvalue weighted by atomic mass is 16.5. The number of hydrogen-bond donors (Lipinski definition) is 2. The maximum absolute atomic E-state index is 10.3. The molecule has 1 saturated heterocycles. The van der Waals surface area contributed by atoms with Gasteiger partial charge in [0.1, 0.15) is 0 Å². The van der Waals surface area contributed by atoms with Gasteiger partial charge in [-0.25, -0.2) is 0 Å². The predicted molar refractivity (Wildman–Crippen MR) is 85.3 cm³/mol. The van der Waals surface area contributed by atoms with Crippen molar-refractivity contribution >= 4 is 10.8 Å². The Bertz CT molecular complexity index is 578. The second-order valence-electron chi connectivity index (χ2n) is 5.86. The summed E-state index contributed by atoms with van der Waals surface area (Å²) in [6.07, 6.45) is 1.91. The average Bonchev–Trinajstić information content (AvgIpc) is 2.55. The molecule has 2 unspecified atom stereocenters. The van der Waals surface area contributed by atoms with Gasteiger partial charge >= 0.3 is 0 Å². The third kappa shape index (κ3) is 3.82. The largest absolute Gasteiger partial charge is 0.387 e. The monoisotopic (exact) mass is 285 g/mol. The molecule has 0 amide bonds. The van der Waals surface area contributed by atoms with E-state index in [1.165, 1.54) is 17.2 Å². The van der Waals surface area contributed by atoms with Crippen LogP contribution in [-0.2, 0) is 4.74 Å². The highest BCUT2D eigenvalue weighted by Gasteiger charge is 2.14. The van der Waals surface area contributed by atoms with Gasteiger partial charge in [-0.2, -0.15) is 0 Å². The minimum absolute atomic E-state index is 0.459. The maximum atomic E-state index is 10.3. The molecule has 0 spiro atoms. The number of nitrogens with one attached hydrogen (secondary N) is 1. The molecule has 3 nitrogen and oxygen atoms in total. The molecule has 1 aliphatic heterocycles. The molecule has 21 heavy (non-hydrogen) atoms. The molecule has 1 aliphatic rings. The van der Waals surface area contributed by atoms with Crippen molar-refractivity contribution in [2.75, 3.05) is 26.3 Å². The Kier molecular flexibility index (Phi) is 4.86. The lowest BCUT2D eigenvalue weighted by Crippen LogP contribution is -2.31. The molecule has 0 aromatic heterocycles. The van der Waals surface area contributed by atoms with E-state index in [4.69, 9.17) is 4.74 Å². The van der Waals surface area contributed by atoms with Crippen LogP contribution in [0.1, 0.15) is 24.5 Å². The van der Waals surface area contributed by atoms with Gasteiger partial charge in [-0.15, -0.1) is 0 Å². The van der Waals surface area contributed by atoms with Gasteiger partial charge in [0.15, 0.2) is 0 Å². The van der Waals surface area contributed by atoms with Gasteiger partial charge < -0.3 is 15.2 Å². The van der Waals surface area contributed by atoms with E-state index in [9.17, 15) is 5.11 Å². The van der Waals surface area contributed by atoms with E-state index in [-0.39, 0.29) is 0 Å². The lowest BCUT2D eigenvalue weighted by molar-refractivity contribution is 0.0532. The zero-order valence-corrected chi connectivity index (χ0v) is 12.3. The standard InChI is InChI=1S/C18H23NO2/c20-18(12-19-11-14-4-3-9-21-13-14)17-8-7-15-5-1-2-6-16(15)10-17/h1-2,5-8,10,14,18-20H,3-4,9,11-13H2. The Morgan fingerprint density at radius 2 is 2.05 bits per heavy atom. The Morgan fingerprint density at radius 1 is 1.19 bits per heavy atom. The molecule has 1 fully saturated rings. The summed E-state index contributed by atoms with van der Waals surface area (Å²) in [6.45, 7) is 3.26. The van der Waals surface area contributed by atoms with E-state index in [1.54, 1.807) is 0 Å². The first-order valence-electron chi connectivity index (χ1n) is 7.78. The van der Waals surface area contributed by atoms with Crippen LogP contribution in [0.4, 0.5) is 0 Å². The molecule has 2 atom stereocenters. The number of rotatable bonds is 5. The summed E-state index contributed by atoms with van der Waals surface area (Å²) in [7, 11) is 0. The van der Waals surface area contributed by atoms with Crippen LogP contribution in [0.3, 0.4) is 0 Å². The van der Waals surface area contributed by atoms with E-state index in [0.29, 0.717) is 12.5 Å². The van der Waals surface area contributed by atoms with Crippen LogP contribution < -0.4 is 5.32 Å². The lowest BCUT2D eigenvalue weighted by Gasteiger charge is -2.23. The number of benzene rings is 2. The third-order valence-corrected chi connectivity index (χ3v) is 4.18. The predicted octanol–water partition coefficient (Wildman–Crippen LogP) is 2.89. The van der Waals surface area contributed by atoms with Gasteiger partial charge in [0.05, 0.1) is 12.7 Å². The van der Waals surface area contributed by atoms with Gasteiger partial charge in [0.25, 0.3) is 0 Å². The van der Waals surface area contributed by atoms with Crippen molar-refractivity contribution in [2.24, 2.45) is 5.92 Å². The van der Waals surface area contributed by atoms with Crippen LogP contribution in [0, 0.1) is 5.92 Å². The summed E-state index contributed by atoms with van der Waals surface area (Å²) in [6, 6.07) is 14.4. The Morgan fingerprint density at radius 3 is 2.86 bits per heavy atom. The fourth-order valence-electron chi connectivity index (χ4n) is 2.93. The molecular formula is C18H23NO2. The molecule has 0 saturated carbocycles. The van der Waals surface area contributed by atoms with Gasteiger partial charge in [-0.3, -0.25) is 0 Å². The Hall–Kier alpha value is -1.42. The molecule has 0 radical (unpaired) electrons. The van der Waals surface area contributed by atoms with Gasteiger partial charge in [0.2, 0.25) is 0 Å². The zero-order valence-electron chi connectivity index (χ0n) is 12.3. The van der Waals surface area contributed by atoms with Crippen LogP contribution in [0.25, 0.3) is 10.8 Å². The molecule has 2 aromatic carbocycles. The second kappa shape index (κ2) is 7.03. The summed E-state index contributed by atoms with van der Waals surface area (Å²) in [5, 5.41) is 16.1. The van der Waals surface area contributed by atoms with Crippen molar-refractivity contribution in [1.29, 1.82) is 0 Å². The first-order chi connectivity index (χ1) is 10.3. The van der Waals surface area contributed by atoms with E-state index in [0.717, 1.165) is 31.7 Å². The summed E-state index contributed by atoms with van der Waals surface area (Å²) in [4.78, 5) is 0. The molecule has 112 valence electrons. The summed E-state index contributed by atoms with van der Waals surface area (Å²) < 4.78 is 5.47. The van der Waals surface area contributed by atoms with Crippen molar-refractivity contribution in [1.82, 2.24) is 5.32 Å². The molecule has 3 heteroatoms. The number of aliphatic hydroxyl groups is 1. The Labute approximate surface area is 125 Å². The molecule has 0 bridgehead atoms. The quantitative estimate of drug-likeness (QED) is 0.887. The van der Waals surface area contributed by atoms with Crippen molar-refractivity contribution in [3.05, 3.63) is 48.0 Å². The first-order valence-corrected chi connectivity index (χ1v) is 7.78. The van der Waals surface area contributed by atoms with Crippen molar-refractivity contribution in [2.45, 2.75) is 18.9 Å². The fourth-order valence-corrected chi connectivity index (χ4v) is 2.93. The lowest BCUT2D eigenvalue weighted by atomic mass is 10.0. The number of fused-ring (bicyclic) bond motifs is 1. The van der Waals surface area contributed by atoms with E-state index in [1.807, 2.05) is 18.2 Å². The second-order valence-corrected chi connectivity index (χ2v) is 5.86. The Balaban J connectivity index is 1.54. The van der Waals surface area contributed by atoms with Crippen molar-refractivity contribution in [3.63, 3.8) is 0 Å². The topological polar surface area (TPSA) is 41.5 Å². The van der Waals surface area contributed by atoms with Crippen LogP contribution in [0.2, 0.25) is 0 Å². The van der Waals surface area contributed by atoms with E-state index >= 15 is 0 Å². The number of aliphatic hydroxyl groups excluding tert-OH is 1. The molecule has 1 heterocycles. The molecular weight excluding hydrogens is 262 g/mol. The molecule has 2 aromatic rings. The molecule has 2 N–H and O–H groups in total. The van der Waals surface area contributed by atoms with Crippen LogP contribution in [0.15, 0.2) is 42.5 Å². The smallest absolute Gasteiger partial charge is 0.0914 e. The highest BCUT2D eigenvalue weighted by molar-refractivity contribution is 5.83. The normalized spacial score (nSPS) is 20.5.